The lowest BCUT2D eigenvalue weighted by atomic mass is 9.99. The summed E-state index contributed by atoms with van der Waals surface area (Å²) >= 11 is 0. The summed E-state index contributed by atoms with van der Waals surface area (Å²) < 4.78 is 31.2. The van der Waals surface area contributed by atoms with Gasteiger partial charge in [0.1, 0.15) is 11.8 Å². The molecule has 0 radical (unpaired) electrons. The number of carbonyl (C=O) groups is 1. The molecule has 0 bridgehead atoms. The number of hydrogen-bond donors (Lipinski definition) is 1. The maximum absolute atomic E-state index is 12.6. The number of carbonyl (C=O) groups excluding carboxylic acids is 1. The van der Waals surface area contributed by atoms with Crippen LogP contribution in [0.1, 0.15) is 53.4 Å². The van der Waals surface area contributed by atoms with E-state index < -0.39 is 16.1 Å². The normalized spacial score (nSPS) is 13.7. The summed E-state index contributed by atoms with van der Waals surface area (Å²) in [4.78, 5) is 12.6. The Hall–Kier alpha value is -1.76. The van der Waals surface area contributed by atoms with Crippen LogP contribution in [-0.4, -0.2) is 39.8 Å². The maximum atomic E-state index is 12.6. The molecular formula is C20H34N2O4S. The van der Waals surface area contributed by atoms with Crippen molar-refractivity contribution in [1.29, 1.82) is 0 Å². The molecule has 0 aromatic heterocycles. The molecular weight excluding hydrogens is 364 g/mol. The fourth-order valence-corrected chi connectivity index (χ4v) is 4.18. The Balaban J connectivity index is 2.88. The van der Waals surface area contributed by atoms with Crippen LogP contribution in [0.4, 0.5) is 5.69 Å². The van der Waals surface area contributed by atoms with E-state index in [9.17, 15) is 13.2 Å². The average Bonchev–Trinajstić information content (AvgIpc) is 2.62. The highest BCUT2D eigenvalue weighted by Crippen LogP contribution is 2.24. The molecule has 1 rings (SSSR count). The lowest BCUT2D eigenvalue weighted by molar-refractivity contribution is -0.122. The summed E-state index contributed by atoms with van der Waals surface area (Å²) in [6.45, 7) is 8.85. The van der Waals surface area contributed by atoms with Gasteiger partial charge in [-0.2, -0.15) is 0 Å². The summed E-state index contributed by atoms with van der Waals surface area (Å²) in [5.41, 5.74) is 0.446. The molecule has 0 saturated heterocycles. The first-order valence-electron chi connectivity index (χ1n) is 9.74. The topological polar surface area (TPSA) is 75.7 Å². The summed E-state index contributed by atoms with van der Waals surface area (Å²) in [5.74, 6) is 0.788. The number of anilines is 1. The van der Waals surface area contributed by atoms with E-state index in [-0.39, 0.29) is 5.91 Å². The molecule has 1 aromatic rings. The summed E-state index contributed by atoms with van der Waals surface area (Å²) in [6, 6.07) is 5.90. The molecule has 0 aliphatic rings. The molecule has 154 valence electrons. The van der Waals surface area contributed by atoms with E-state index in [1.807, 2.05) is 6.92 Å². The number of ether oxygens (including phenoxy) is 1. The minimum absolute atomic E-state index is 0.288. The Bertz CT molecular complexity index is 674. The summed E-state index contributed by atoms with van der Waals surface area (Å²) in [6.07, 6.45) is 5.43. The maximum Gasteiger partial charge on any atom is 0.243 e. The van der Waals surface area contributed by atoms with Crippen molar-refractivity contribution in [3.63, 3.8) is 0 Å². The number of nitrogens with one attached hydrogen (secondary N) is 1. The molecule has 0 heterocycles. The monoisotopic (exact) mass is 398 g/mol. The lowest BCUT2D eigenvalue weighted by Crippen LogP contribution is -2.48. The van der Waals surface area contributed by atoms with Crippen LogP contribution in [0.5, 0.6) is 5.75 Å². The number of unbranched alkanes of at least 4 members (excludes halogenated alkanes) is 1. The van der Waals surface area contributed by atoms with Gasteiger partial charge in [0.15, 0.2) is 0 Å². The smallest absolute Gasteiger partial charge is 0.243 e. The van der Waals surface area contributed by atoms with Crippen molar-refractivity contribution < 1.29 is 17.9 Å². The van der Waals surface area contributed by atoms with Gasteiger partial charge < -0.3 is 10.1 Å². The molecule has 1 N–H and O–H groups in total. The van der Waals surface area contributed by atoms with Crippen molar-refractivity contribution in [2.45, 2.75) is 59.4 Å². The van der Waals surface area contributed by atoms with Gasteiger partial charge in [-0.1, -0.05) is 33.1 Å². The predicted molar refractivity (Wildman–Crippen MR) is 111 cm³/mol. The quantitative estimate of drug-likeness (QED) is 0.584. The molecule has 0 saturated carbocycles. The molecule has 1 aromatic carbocycles. The molecule has 6 nitrogen and oxygen atoms in total. The van der Waals surface area contributed by atoms with Gasteiger partial charge in [-0.3, -0.25) is 9.10 Å². The molecule has 0 unspecified atom stereocenters. The highest BCUT2D eigenvalue weighted by Gasteiger charge is 2.29. The SMILES string of the molecule is CCCC[C@H](CC)CNC(=O)[C@@H](C)N(c1ccc(OCC)cc1)S(C)(=O)=O. The first-order valence-corrected chi connectivity index (χ1v) is 11.6. The first kappa shape index (κ1) is 23.3. The summed E-state index contributed by atoms with van der Waals surface area (Å²) in [7, 11) is -3.61. The van der Waals surface area contributed by atoms with Crippen molar-refractivity contribution in [2.75, 3.05) is 23.7 Å². The molecule has 0 spiro atoms. The number of sulfonamides is 1. The number of benzene rings is 1. The Labute approximate surface area is 164 Å². The van der Waals surface area contributed by atoms with Gasteiger partial charge in [0.2, 0.25) is 15.9 Å². The van der Waals surface area contributed by atoms with Crippen LogP contribution in [0.25, 0.3) is 0 Å². The van der Waals surface area contributed by atoms with E-state index in [0.717, 1.165) is 36.2 Å². The Morgan fingerprint density at radius 1 is 1.19 bits per heavy atom. The van der Waals surface area contributed by atoms with E-state index in [1.165, 1.54) is 0 Å². The highest BCUT2D eigenvalue weighted by atomic mass is 32.2. The van der Waals surface area contributed by atoms with Crippen LogP contribution < -0.4 is 14.4 Å². The van der Waals surface area contributed by atoms with Crippen LogP contribution in [0, 0.1) is 5.92 Å². The van der Waals surface area contributed by atoms with E-state index in [2.05, 4.69) is 19.2 Å². The van der Waals surface area contributed by atoms with E-state index >= 15 is 0 Å². The number of nitrogens with zero attached hydrogens (tertiary/aromatic N) is 1. The van der Waals surface area contributed by atoms with E-state index in [4.69, 9.17) is 4.74 Å². The molecule has 27 heavy (non-hydrogen) atoms. The third-order valence-corrected chi connectivity index (χ3v) is 5.84. The Kier molecular flexibility index (Phi) is 9.63. The van der Waals surface area contributed by atoms with Crippen LogP contribution in [0.2, 0.25) is 0 Å². The standard InChI is InChI=1S/C20H34N2O4S/c1-6-9-10-17(7-2)15-21-20(23)16(4)22(27(5,24)25)18-11-13-19(14-12-18)26-8-3/h11-14,16-17H,6-10,15H2,1-5H3,(H,21,23)/t16-,17+/m1/s1. The third-order valence-electron chi connectivity index (χ3n) is 4.60. The highest BCUT2D eigenvalue weighted by molar-refractivity contribution is 7.92. The molecule has 0 aliphatic carbocycles. The molecule has 1 amide bonds. The lowest BCUT2D eigenvalue weighted by Gasteiger charge is -2.29. The van der Waals surface area contributed by atoms with Crippen molar-refractivity contribution >= 4 is 21.6 Å². The molecule has 7 heteroatoms. The van der Waals surface area contributed by atoms with Crippen molar-refractivity contribution in [3.05, 3.63) is 24.3 Å². The fraction of sp³-hybridized carbons (Fsp3) is 0.650. The third kappa shape index (κ3) is 7.40. The number of amides is 1. The minimum Gasteiger partial charge on any atom is -0.494 e. The van der Waals surface area contributed by atoms with E-state index in [1.54, 1.807) is 31.2 Å². The second kappa shape index (κ2) is 11.2. The Morgan fingerprint density at radius 3 is 2.30 bits per heavy atom. The second-order valence-electron chi connectivity index (χ2n) is 6.82. The van der Waals surface area contributed by atoms with Crippen molar-refractivity contribution in [1.82, 2.24) is 5.32 Å². The fourth-order valence-electron chi connectivity index (χ4n) is 3.00. The van der Waals surface area contributed by atoms with E-state index in [0.29, 0.717) is 30.5 Å². The molecule has 0 aliphatic heterocycles. The Morgan fingerprint density at radius 2 is 1.81 bits per heavy atom. The minimum atomic E-state index is -3.61. The van der Waals surface area contributed by atoms with Gasteiger partial charge in [0.05, 0.1) is 18.6 Å². The largest absolute Gasteiger partial charge is 0.494 e. The van der Waals surface area contributed by atoms with Crippen molar-refractivity contribution in [3.8, 4) is 5.75 Å². The van der Waals surface area contributed by atoms with Crippen LogP contribution in [0.3, 0.4) is 0 Å². The molecule has 0 fully saturated rings. The predicted octanol–water partition coefficient (Wildman–Crippen LogP) is 3.57. The van der Waals surface area contributed by atoms with Crippen LogP contribution >= 0.6 is 0 Å². The van der Waals surface area contributed by atoms with Gasteiger partial charge in [-0.25, -0.2) is 8.42 Å². The van der Waals surface area contributed by atoms with Crippen LogP contribution in [-0.2, 0) is 14.8 Å². The zero-order valence-corrected chi connectivity index (χ0v) is 18.0. The second-order valence-corrected chi connectivity index (χ2v) is 8.68. The number of rotatable bonds is 12. The zero-order valence-electron chi connectivity index (χ0n) is 17.2. The average molecular weight is 399 g/mol. The summed E-state index contributed by atoms with van der Waals surface area (Å²) in [5, 5.41) is 2.93. The first-order chi connectivity index (χ1) is 12.7. The van der Waals surface area contributed by atoms with Gasteiger partial charge >= 0.3 is 0 Å². The molecule has 2 atom stereocenters. The van der Waals surface area contributed by atoms with Crippen LogP contribution in [0.15, 0.2) is 24.3 Å². The van der Waals surface area contributed by atoms with Crippen molar-refractivity contribution in [2.24, 2.45) is 5.92 Å². The number of hydrogen-bond acceptors (Lipinski definition) is 4. The van der Waals surface area contributed by atoms with Gasteiger partial charge in [0.25, 0.3) is 0 Å². The zero-order chi connectivity index (χ0) is 20.4. The van der Waals surface area contributed by atoms with Gasteiger partial charge in [0, 0.05) is 6.54 Å². The van der Waals surface area contributed by atoms with Gasteiger partial charge in [-0.15, -0.1) is 0 Å². The van der Waals surface area contributed by atoms with Gasteiger partial charge in [-0.05, 0) is 50.5 Å².